The Hall–Kier alpha value is -1.63. The quantitative estimate of drug-likeness (QED) is 0.449. The third-order valence-electron chi connectivity index (χ3n) is 1.94. The van der Waals surface area contributed by atoms with Crippen LogP contribution in [0.4, 0.5) is 11.6 Å². The molecule has 0 fully saturated rings. The van der Waals surface area contributed by atoms with Crippen molar-refractivity contribution in [1.82, 2.24) is 9.55 Å². The molecule has 1 aromatic rings. The summed E-state index contributed by atoms with van der Waals surface area (Å²) in [5.74, 6) is 0.240. The minimum atomic E-state index is -0.508. The predicted octanol–water partition coefficient (Wildman–Crippen LogP) is 1.17. The highest BCUT2D eigenvalue weighted by atomic mass is 16.6. The van der Waals surface area contributed by atoms with E-state index in [-0.39, 0.29) is 11.9 Å². The van der Waals surface area contributed by atoms with Crippen LogP contribution in [0.2, 0.25) is 0 Å². The Kier molecular flexibility index (Phi) is 4.24. The van der Waals surface area contributed by atoms with E-state index in [1.165, 1.54) is 6.33 Å². The van der Waals surface area contributed by atoms with Crippen molar-refractivity contribution in [2.24, 2.45) is 7.05 Å². The van der Waals surface area contributed by atoms with Crippen molar-refractivity contribution in [3.63, 3.8) is 0 Å². The van der Waals surface area contributed by atoms with E-state index in [2.05, 4.69) is 10.3 Å². The number of hydrogen-bond acceptors (Lipinski definition) is 5. The van der Waals surface area contributed by atoms with Crippen LogP contribution in [0, 0.1) is 10.1 Å². The summed E-state index contributed by atoms with van der Waals surface area (Å²) in [6.45, 7) is 4.89. The van der Waals surface area contributed by atoms with Crippen LogP contribution < -0.4 is 5.32 Å². The summed E-state index contributed by atoms with van der Waals surface area (Å²) in [6.07, 6.45) is 1.56. The van der Waals surface area contributed by atoms with Crippen molar-refractivity contribution in [3.8, 4) is 0 Å². The molecular weight excluding hydrogens is 212 g/mol. The number of hydrogen-bond donors (Lipinski definition) is 1. The highest BCUT2D eigenvalue weighted by molar-refractivity contribution is 5.51. The van der Waals surface area contributed by atoms with Gasteiger partial charge in [0.2, 0.25) is 12.1 Å². The highest BCUT2D eigenvalue weighted by Crippen LogP contribution is 2.20. The number of anilines is 1. The molecule has 0 aromatic carbocycles. The lowest BCUT2D eigenvalue weighted by Crippen LogP contribution is -2.15. The normalized spacial score (nSPS) is 10.8. The molecule has 1 rings (SSSR count). The third-order valence-corrected chi connectivity index (χ3v) is 1.94. The van der Waals surface area contributed by atoms with Gasteiger partial charge in [0.25, 0.3) is 0 Å². The van der Waals surface area contributed by atoms with Crippen LogP contribution in [0.15, 0.2) is 6.33 Å². The Balaban J connectivity index is 2.52. The summed E-state index contributed by atoms with van der Waals surface area (Å²) in [4.78, 5) is 13.8. The molecule has 0 unspecified atom stereocenters. The summed E-state index contributed by atoms with van der Waals surface area (Å²) in [6, 6.07) is 0. The number of rotatable bonds is 6. The van der Waals surface area contributed by atoms with Gasteiger partial charge in [-0.25, -0.2) is 0 Å². The molecule has 7 nitrogen and oxygen atoms in total. The lowest BCUT2D eigenvalue weighted by atomic mass is 10.5. The molecule has 7 heteroatoms. The van der Waals surface area contributed by atoms with Gasteiger partial charge in [0, 0.05) is 13.6 Å². The Morgan fingerprint density at radius 1 is 1.69 bits per heavy atom. The number of imidazole rings is 1. The first-order chi connectivity index (χ1) is 7.52. The van der Waals surface area contributed by atoms with Crippen LogP contribution in [-0.4, -0.2) is 33.7 Å². The molecular formula is C9H16N4O3. The SMILES string of the molecule is CC(C)OCCNc1c([N+](=O)[O-])ncn1C. The maximum atomic E-state index is 10.6. The zero-order valence-electron chi connectivity index (χ0n) is 9.64. The van der Waals surface area contributed by atoms with E-state index in [1.54, 1.807) is 11.6 Å². The van der Waals surface area contributed by atoms with Gasteiger partial charge < -0.3 is 20.2 Å². The van der Waals surface area contributed by atoms with Crippen molar-refractivity contribution in [2.75, 3.05) is 18.5 Å². The second-order valence-corrected chi connectivity index (χ2v) is 3.63. The van der Waals surface area contributed by atoms with Gasteiger partial charge in [0.05, 0.1) is 12.7 Å². The van der Waals surface area contributed by atoms with E-state index >= 15 is 0 Å². The molecule has 0 saturated heterocycles. The Bertz CT molecular complexity index is 362. The average Bonchev–Trinajstić information content (AvgIpc) is 2.54. The molecule has 0 saturated carbocycles. The molecule has 0 amide bonds. The molecule has 90 valence electrons. The first-order valence-electron chi connectivity index (χ1n) is 5.03. The predicted molar refractivity (Wildman–Crippen MR) is 59.4 cm³/mol. The molecule has 0 atom stereocenters. The smallest absolute Gasteiger partial charge is 0.377 e. The fourth-order valence-corrected chi connectivity index (χ4v) is 1.22. The van der Waals surface area contributed by atoms with Crippen molar-refractivity contribution in [3.05, 3.63) is 16.4 Å². The zero-order chi connectivity index (χ0) is 12.1. The second kappa shape index (κ2) is 5.45. The number of nitrogens with zero attached hydrogens (tertiary/aromatic N) is 3. The maximum absolute atomic E-state index is 10.6. The lowest BCUT2D eigenvalue weighted by molar-refractivity contribution is -0.388. The Morgan fingerprint density at radius 2 is 2.38 bits per heavy atom. The molecule has 0 aliphatic carbocycles. The summed E-state index contributed by atoms with van der Waals surface area (Å²) < 4.78 is 6.90. The van der Waals surface area contributed by atoms with Crippen molar-refractivity contribution in [1.29, 1.82) is 0 Å². The van der Waals surface area contributed by atoms with Crippen LogP contribution in [0.25, 0.3) is 0 Å². The molecule has 0 bridgehead atoms. The largest absolute Gasteiger partial charge is 0.406 e. The van der Waals surface area contributed by atoms with Crippen LogP contribution in [-0.2, 0) is 11.8 Å². The number of aromatic nitrogens is 2. The van der Waals surface area contributed by atoms with Gasteiger partial charge in [-0.1, -0.05) is 0 Å². The fraction of sp³-hybridized carbons (Fsp3) is 0.667. The molecule has 0 aliphatic heterocycles. The highest BCUT2D eigenvalue weighted by Gasteiger charge is 2.19. The summed E-state index contributed by atoms with van der Waals surface area (Å²) in [5.41, 5.74) is 0. The van der Waals surface area contributed by atoms with E-state index in [1.807, 2.05) is 13.8 Å². The van der Waals surface area contributed by atoms with Gasteiger partial charge in [0.15, 0.2) is 0 Å². The van der Waals surface area contributed by atoms with E-state index in [9.17, 15) is 10.1 Å². The van der Waals surface area contributed by atoms with E-state index in [4.69, 9.17) is 4.74 Å². The average molecular weight is 228 g/mol. The van der Waals surface area contributed by atoms with Gasteiger partial charge in [0.1, 0.15) is 0 Å². The Labute approximate surface area is 93.6 Å². The number of nitro groups is 1. The van der Waals surface area contributed by atoms with Crippen LogP contribution in [0.1, 0.15) is 13.8 Å². The fourth-order valence-electron chi connectivity index (χ4n) is 1.22. The number of nitrogens with one attached hydrogen (secondary N) is 1. The second-order valence-electron chi connectivity index (χ2n) is 3.63. The van der Waals surface area contributed by atoms with Crippen LogP contribution in [0.3, 0.4) is 0 Å². The molecule has 1 heterocycles. The first-order valence-corrected chi connectivity index (χ1v) is 5.03. The van der Waals surface area contributed by atoms with Gasteiger partial charge in [-0.3, -0.25) is 4.57 Å². The van der Waals surface area contributed by atoms with E-state index in [0.717, 1.165) is 0 Å². The monoisotopic (exact) mass is 228 g/mol. The van der Waals surface area contributed by atoms with E-state index in [0.29, 0.717) is 19.0 Å². The first kappa shape index (κ1) is 12.4. The van der Waals surface area contributed by atoms with Crippen molar-refractivity contribution < 1.29 is 9.66 Å². The zero-order valence-corrected chi connectivity index (χ0v) is 9.64. The van der Waals surface area contributed by atoms with Gasteiger partial charge >= 0.3 is 5.82 Å². The third kappa shape index (κ3) is 3.20. The molecule has 0 aliphatic rings. The van der Waals surface area contributed by atoms with Gasteiger partial charge in [-0.15, -0.1) is 0 Å². The molecule has 1 N–H and O–H groups in total. The van der Waals surface area contributed by atoms with Crippen molar-refractivity contribution in [2.45, 2.75) is 20.0 Å². The maximum Gasteiger partial charge on any atom is 0.406 e. The van der Waals surface area contributed by atoms with E-state index < -0.39 is 4.92 Å². The van der Waals surface area contributed by atoms with Gasteiger partial charge in [-0.2, -0.15) is 0 Å². The van der Waals surface area contributed by atoms with Crippen LogP contribution in [0.5, 0.6) is 0 Å². The number of ether oxygens (including phenoxy) is 1. The summed E-state index contributed by atoms with van der Waals surface area (Å²) in [5, 5.41) is 13.6. The topological polar surface area (TPSA) is 82.2 Å². The lowest BCUT2D eigenvalue weighted by Gasteiger charge is -2.09. The molecule has 0 radical (unpaired) electrons. The number of aryl methyl sites for hydroxylation is 1. The minimum absolute atomic E-state index is 0.156. The van der Waals surface area contributed by atoms with Gasteiger partial charge in [-0.05, 0) is 23.8 Å². The molecule has 1 aromatic heterocycles. The molecule has 0 spiro atoms. The summed E-state index contributed by atoms with van der Waals surface area (Å²) >= 11 is 0. The molecule has 16 heavy (non-hydrogen) atoms. The van der Waals surface area contributed by atoms with Crippen LogP contribution >= 0.6 is 0 Å². The summed E-state index contributed by atoms with van der Waals surface area (Å²) in [7, 11) is 1.70. The minimum Gasteiger partial charge on any atom is -0.377 e. The Morgan fingerprint density at radius 3 is 2.94 bits per heavy atom. The van der Waals surface area contributed by atoms with Crippen molar-refractivity contribution >= 4 is 11.6 Å². The standard InChI is InChI=1S/C9H16N4O3/c1-7(2)16-5-4-10-8-9(13(14)15)11-6-12(8)3/h6-7,10H,4-5H2,1-3H3.